The summed E-state index contributed by atoms with van der Waals surface area (Å²) < 4.78 is 5.37. The molecule has 0 radical (unpaired) electrons. The number of para-hydroxylation sites is 1. The van der Waals surface area contributed by atoms with Crippen molar-refractivity contribution in [2.45, 2.75) is 39.0 Å². The van der Waals surface area contributed by atoms with Crippen LogP contribution in [-0.2, 0) is 11.2 Å². The molecule has 0 aliphatic carbocycles. The van der Waals surface area contributed by atoms with Crippen LogP contribution in [0.1, 0.15) is 40.6 Å². The largest absolute Gasteiger partial charge is 0.496 e. The SMILES string of the molecule is COc1ccccc1CC(=O)N1CCC[C@@H](c2nc3sc(C)c(C)c3c(=O)[nH]2)C1. The summed E-state index contributed by atoms with van der Waals surface area (Å²) in [6.07, 6.45) is 2.12. The van der Waals surface area contributed by atoms with Crippen molar-refractivity contribution in [2.24, 2.45) is 0 Å². The molecule has 1 amide bonds. The highest BCUT2D eigenvalue weighted by atomic mass is 32.1. The number of likely N-dealkylation sites (tertiary alicyclic amines) is 1. The molecule has 0 spiro atoms. The topological polar surface area (TPSA) is 75.3 Å². The van der Waals surface area contributed by atoms with Gasteiger partial charge in [-0.15, -0.1) is 11.3 Å². The van der Waals surface area contributed by atoms with E-state index in [2.05, 4.69) is 4.98 Å². The number of rotatable bonds is 4. The van der Waals surface area contributed by atoms with Gasteiger partial charge in [-0.25, -0.2) is 4.98 Å². The minimum Gasteiger partial charge on any atom is -0.496 e. The molecule has 3 heterocycles. The summed E-state index contributed by atoms with van der Waals surface area (Å²) >= 11 is 1.56. The molecule has 7 heteroatoms. The van der Waals surface area contributed by atoms with E-state index in [4.69, 9.17) is 9.72 Å². The number of benzene rings is 1. The van der Waals surface area contributed by atoms with Crippen molar-refractivity contribution < 1.29 is 9.53 Å². The van der Waals surface area contributed by atoms with Crippen LogP contribution in [0, 0.1) is 13.8 Å². The van der Waals surface area contributed by atoms with Crippen molar-refractivity contribution in [1.29, 1.82) is 0 Å². The smallest absolute Gasteiger partial charge is 0.259 e. The number of hydrogen-bond acceptors (Lipinski definition) is 5. The van der Waals surface area contributed by atoms with E-state index < -0.39 is 0 Å². The van der Waals surface area contributed by atoms with Crippen LogP contribution in [0.4, 0.5) is 0 Å². The third-order valence-corrected chi connectivity index (χ3v) is 6.85. The molecule has 1 atom stereocenters. The summed E-state index contributed by atoms with van der Waals surface area (Å²) in [5, 5.41) is 0.691. The van der Waals surface area contributed by atoms with E-state index in [1.165, 1.54) is 0 Å². The number of thiophene rings is 1. The predicted octanol–water partition coefficient (Wildman–Crippen LogP) is 3.56. The minimum atomic E-state index is -0.0793. The van der Waals surface area contributed by atoms with Gasteiger partial charge in [0.2, 0.25) is 5.91 Å². The summed E-state index contributed by atoms with van der Waals surface area (Å²) in [7, 11) is 1.62. The average molecular weight is 412 g/mol. The monoisotopic (exact) mass is 411 g/mol. The molecule has 1 aliphatic heterocycles. The van der Waals surface area contributed by atoms with Crippen molar-refractivity contribution in [2.75, 3.05) is 20.2 Å². The number of nitrogens with one attached hydrogen (secondary N) is 1. The van der Waals surface area contributed by atoms with E-state index >= 15 is 0 Å². The van der Waals surface area contributed by atoms with Gasteiger partial charge < -0.3 is 14.6 Å². The fourth-order valence-electron chi connectivity index (χ4n) is 4.02. The van der Waals surface area contributed by atoms with Crippen molar-refractivity contribution in [3.05, 3.63) is 56.4 Å². The minimum absolute atomic E-state index is 0.0465. The number of methoxy groups -OCH3 is 1. The van der Waals surface area contributed by atoms with E-state index in [1.54, 1.807) is 18.4 Å². The predicted molar refractivity (Wildman–Crippen MR) is 115 cm³/mol. The third-order valence-electron chi connectivity index (χ3n) is 5.75. The first-order chi connectivity index (χ1) is 14.0. The maximum atomic E-state index is 12.9. The quantitative estimate of drug-likeness (QED) is 0.712. The van der Waals surface area contributed by atoms with Gasteiger partial charge in [0.15, 0.2) is 0 Å². The first kappa shape index (κ1) is 19.6. The number of carbonyl (C=O) groups is 1. The number of aromatic amines is 1. The van der Waals surface area contributed by atoms with Gasteiger partial charge in [0, 0.05) is 29.4 Å². The lowest BCUT2D eigenvalue weighted by Crippen LogP contribution is -2.40. The summed E-state index contributed by atoms with van der Waals surface area (Å²) in [6.45, 7) is 5.28. The van der Waals surface area contributed by atoms with Gasteiger partial charge in [-0.05, 0) is 38.3 Å². The maximum absolute atomic E-state index is 12.9. The Balaban J connectivity index is 1.54. The van der Waals surface area contributed by atoms with Crippen molar-refractivity contribution >= 4 is 27.5 Å². The number of hydrogen-bond donors (Lipinski definition) is 1. The lowest BCUT2D eigenvalue weighted by molar-refractivity contribution is -0.131. The van der Waals surface area contributed by atoms with Gasteiger partial charge in [-0.3, -0.25) is 9.59 Å². The van der Waals surface area contributed by atoms with E-state index in [-0.39, 0.29) is 17.4 Å². The first-order valence-corrected chi connectivity index (χ1v) is 10.7. The molecule has 0 unspecified atom stereocenters. The van der Waals surface area contributed by atoms with Gasteiger partial charge in [-0.1, -0.05) is 18.2 Å². The molecule has 0 bridgehead atoms. The van der Waals surface area contributed by atoms with Gasteiger partial charge >= 0.3 is 0 Å². The molecule has 1 aliphatic rings. The summed E-state index contributed by atoms with van der Waals surface area (Å²) in [5.41, 5.74) is 1.81. The molecule has 1 N–H and O–H groups in total. The van der Waals surface area contributed by atoms with Crippen LogP contribution in [0.2, 0.25) is 0 Å². The summed E-state index contributed by atoms with van der Waals surface area (Å²) in [4.78, 5) is 37.1. The van der Waals surface area contributed by atoms with Crippen LogP contribution in [0.15, 0.2) is 29.1 Å². The van der Waals surface area contributed by atoms with Gasteiger partial charge in [0.05, 0.1) is 18.9 Å². The Bertz CT molecular complexity index is 1120. The number of carbonyl (C=O) groups excluding carboxylic acids is 1. The number of ether oxygens (including phenoxy) is 1. The fraction of sp³-hybridized carbons (Fsp3) is 0.409. The molecule has 152 valence electrons. The van der Waals surface area contributed by atoms with E-state index in [0.29, 0.717) is 24.2 Å². The van der Waals surface area contributed by atoms with Crippen LogP contribution in [-0.4, -0.2) is 41.0 Å². The molecule has 29 heavy (non-hydrogen) atoms. The normalized spacial score (nSPS) is 16.9. The number of piperidine rings is 1. The Labute approximate surface area is 173 Å². The van der Waals surface area contributed by atoms with Crippen LogP contribution >= 0.6 is 11.3 Å². The van der Waals surface area contributed by atoms with Gasteiger partial charge in [-0.2, -0.15) is 0 Å². The molecule has 1 aromatic carbocycles. The number of nitrogens with zero attached hydrogens (tertiary/aromatic N) is 2. The summed E-state index contributed by atoms with van der Waals surface area (Å²) in [6, 6.07) is 7.61. The van der Waals surface area contributed by atoms with Crippen molar-refractivity contribution in [1.82, 2.24) is 14.9 Å². The van der Waals surface area contributed by atoms with Crippen molar-refractivity contribution in [3.63, 3.8) is 0 Å². The molecule has 2 aromatic heterocycles. The Kier molecular flexibility index (Phi) is 5.41. The number of amides is 1. The van der Waals surface area contributed by atoms with Crippen LogP contribution in [0.3, 0.4) is 0 Å². The Morgan fingerprint density at radius 1 is 1.34 bits per heavy atom. The van der Waals surface area contributed by atoms with Crippen LogP contribution in [0.25, 0.3) is 10.2 Å². The molecule has 4 rings (SSSR count). The van der Waals surface area contributed by atoms with E-state index in [9.17, 15) is 9.59 Å². The molecular weight excluding hydrogens is 386 g/mol. The number of aryl methyl sites for hydroxylation is 2. The van der Waals surface area contributed by atoms with Crippen molar-refractivity contribution in [3.8, 4) is 5.75 Å². The first-order valence-electron chi connectivity index (χ1n) is 9.87. The second-order valence-electron chi connectivity index (χ2n) is 7.58. The zero-order chi connectivity index (χ0) is 20.5. The summed E-state index contributed by atoms with van der Waals surface area (Å²) in [5.74, 6) is 1.54. The average Bonchev–Trinajstić information content (AvgIpc) is 3.02. The van der Waals surface area contributed by atoms with Gasteiger partial charge in [0.1, 0.15) is 16.4 Å². The Hall–Kier alpha value is -2.67. The third kappa shape index (κ3) is 3.79. The lowest BCUT2D eigenvalue weighted by atomic mass is 9.96. The highest BCUT2D eigenvalue weighted by Gasteiger charge is 2.27. The molecule has 0 saturated carbocycles. The van der Waals surface area contributed by atoms with Crippen LogP contribution in [0.5, 0.6) is 5.75 Å². The van der Waals surface area contributed by atoms with E-state index in [1.807, 2.05) is 43.0 Å². The maximum Gasteiger partial charge on any atom is 0.259 e. The number of fused-ring (bicyclic) bond motifs is 1. The van der Waals surface area contributed by atoms with E-state index in [0.717, 1.165) is 46.0 Å². The Morgan fingerprint density at radius 2 is 2.14 bits per heavy atom. The number of H-pyrrole nitrogens is 1. The van der Waals surface area contributed by atoms with Gasteiger partial charge in [0.25, 0.3) is 5.56 Å². The Morgan fingerprint density at radius 3 is 2.93 bits per heavy atom. The highest BCUT2D eigenvalue weighted by molar-refractivity contribution is 7.18. The standard InChI is InChI=1S/C22H25N3O3S/c1-13-14(2)29-22-19(13)21(27)23-20(24-22)16-8-6-10-25(12-16)18(26)11-15-7-4-5-9-17(15)28-3/h4-5,7,9,16H,6,8,10-12H2,1-3H3,(H,23,24,27)/t16-/m1/s1. The number of aromatic nitrogens is 2. The zero-order valence-electron chi connectivity index (χ0n) is 16.9. The molecule has 6 nitrogen and oxygen atoms in total. The zero-order valence-corrected chi connectivity index (χ0v) is 17.8. The molecular formula is C22H25N3O3S. The highest BCUT2D eigenvalue weighted by Crippen LogP contribution is 2.30. The second kappa shape index (κ2) is 7.99. The lowest BCUT2D eigenvalue weighted by Gasteiger charge is -2.32. The second-order valence-corrected chi connectivity index (χ2v) is 8.79. The molecule has 1 saturated heterocycles. The van der Waals surface area contributed by atoms with Crippen LogP contribution < -0.4 is 10.3 Å². The molecule has 3 aromatic rings. The fourth-order valence-corrected chi connectivity index (χ4v) is 5.05. The molecule has 1 fully saturated rings.